The van der Waals surface area contributed by atoms with Crippen LogP contribution in [0.4, 0.5) is 4.39 Å². The van der Waals surface area contributed by atoms with E-state index in [9.17, 15) is 9.18 Å². The summed E-state index contributed by atoms with van der Waals surface area (Å²) in [6, 6.07) is 4.96. The van der Waals surface area contributed by atoms with E-state index in [1.54, 1.807) is 31.0 Å². The zero-order valence-corrected chi connectivity index (χ0v) is 12.8. The average molecular weight is 302 g/mol. The molecule has 0 radical (unpaired) electrons. The topological polar surface area (TPSA) is 61.9 Å². The number of nitrogens with one attached hydrogen (secondary N) is 1. The molecule has 0 spiro atoms. The number of hydrogen-bond donors (Lipinski definition) is 1. The van der Waals surface area contributed by atoms with E-state index < -0.39 is 0 Å². The fourth-order valence-electron chi connectivity index (χ4n) is 2.96. The molecule has 1 aliphatic carbocycles. The highest BCUT2D eigenvalue weighted by atomic mass is 19.1. The van der Waals surface area contributed by atoms with E-state index >= 15 is 0 Å². The lowest BCUT2D eigenvalue weighted by molar-refractivity contribution is -0.135. The predicted octanol–water partition coefficient (Wildman–Crippen LogP) is 2.02. The van der Waals surface area contributed by atoms with E-state index in [4.69, 9.17) is 0 Å². The minimum Gasteiger partial charge on any atom is -0.341 e. The fraction of sp³-hybridized carbons (Fsp3) is 0.438. The molecule has 1 atom stereocenters. The molecule has 0 saturated carbocycles. The van der Waals surface area contributed by atoms with Gasteiger partial charge in [0.2, 0.25) is 5.91 Å². The molecule has 5 nitrogen and oxygen atoms in total. The van der Waals surface area contributed by atoms with Gasteiger partial charge in [0, 0.05) is 25.9 Å². The van der Waals surface area contributed by atoms with Gasteiger partial charge in [0.15, 0.2) is 0 Å². The van der Waals surface area contributed by atoms with Gasteiger partial charge < -0.3 is 4.90 Å². The SMILES string of the molecule is Cc1cc(CN(C)C(=O)[C@@H]2CCc3n[nH]nc3C2)ccc1F. The molecule has 1 heterocycles. The van der Waals surface area contributed by atoms with Gasteiger partial charge in [-0.25, -0.2) is 4.39 Å². The van der Waals surface area contributed by atoms with E-state index in [1.807, 2.05) is 0 Å². The summed E-state index contributed by atoms with van der Waals surface area (Å²) in [4.78, 5) is 14.3. The number of hydrogen-bond acceptors (Lipinski definition) is 3. The summed E-state index contributed by atoms with van der Waals surface area (Å²) in [6.45, 7) is 2.22. The van der Waals surface area contributed by atoms with Gasteiger partial charge in [-0.2, -0.15) is 15.4 Å². The number of carbonyl (C=O) groups is 1. The molecule has 3 rings (SSSR count). The molecule has 2 aromatic rings. The molecule has 1 aromatic heterocycles. The van der Waals surface area contributed by atoms with Crippen LogP contribution in [0.3, 0.4) is 0 Å². The van der Waals surface area contributed by atoms with Gasteiger partial charge in [0.1, 0.15) is 5.82 Å². The summed E-state index contributed by atoms with van der Waals surface area (Å²) in [5.74, 6) is -0.164. The Bertz CT molecular complexity index is 697. The lowest BCUT2D eigenvalue weighted by Gasteiger charge is -2.25. The number of carbonyl (C=O) groups excluding carboxylic acids is 1. The van der Waals surface area contributed by atoms with Crippen LogP contribution in [0.25, 0.3) is 0 Å². The van der Waals surface area contributed by atoms with Gasteiger partial charge >= 0.3 is 0 Å². The van der Waals surface area contributed by atoms with E-state index in [0.717, 1.165) is 29.8 Å². The summed E-state index contributed by atoms with van der Waals surface area (Å²) < 4.78 is 13.3. The van der Waals surface area contributed by atoms with Gasteiger partial charge in [-0.15, -0.1) is 0 Å². The number of aryl methyl sites for hydroxylation is 2. The number of benzene rings is 1. The maximum absolute atomic E-state index is 13.3. The van der Waals surface area contributed by atoms with E-state index in [2.05, 4.69) is 15.4 Å². The Morgan fingerprint density at radius 3 is 2.95 bits per heavy atom. The third kappa shape index (κ3) is 2.86. The van der Waals surface area contributed by atoms with Crippen molar-refractivity contribution in [2.75, 3.05) is 7.05 Å². The number of amides is 1. The van der Waals surface area contributed by atoms with Crippen LogP contribution in [0.1, 0.15) is 28.9 Å². The Labute approximate surface area is 128 Å². The Hall–Kier alpha value is -2.24. The van der Waals surface area contributed by atoms with Crippen LogP contribution >= 0.6 is 0 Å². The molecule has 0 saturated heterocycles. The Kier molecular flexibility index (Phi) is 3.92. The van der Waals surface area contributed by atoms with Crippen LogP contribution in [0, 0.1) is 18.7 Å². The van der Waals surface area contributed by atoms with Gasteiger partial charge in [-0.3, -0.25) is 4.79 Å². The van der Waals surface area contributed by atoms with Gasteiger partial charge in [-0.05, 0) is 37.0 Å². The number of aromatic amines is 1. The minimum atomic E-state index is -0.219. The third-order valence-corrected chi connectivity index (χ3v) is 4.24. The lowest BCUT2D eigenvalue weighted by Crippen LogP contribution is -2.35. The van der Waals surface area contributed by atoms with Crippen molar-refractivity contribution in [2.24, 2.45) is 5.92 Å². The molecule has 1 aliphatic rings. The highest BCUT2D eigenvalue weighted by Crippen LogP contribution is 2.24. The highest BCUT2D eigenvalue weighted by molar-refractivity contribution is 5.79. The number of halogens is 1. The summed E-state index contributed by atoms with van der Waals surface area (Å²) in [6.07, 6.45) is 2.22. The number of aromatic nitrogens is 3. The first-order chi connectivity index (χ1) is 10.5. The lowest BCUT2D eigenvalue weighted by atomic mass is 9.88. The molecule has 1 aromatic carbocycles. The van der Waals surface area contributed by atoms with Crippen molar-refractivity contribution in [1.29, 1.82) is 0 Å². The Balaban J connectivity index is 1.66. The third-order valence-electron chi connectivity index (χ3n) is 4.24. The summed E-state index contributed by atoms with van der Waals surface area (Å²) in [5.41, 5.74) is 3.41. The van der Waals surface area contributed by atoms with Crippen molar-refractivity contribution in [2.45, 2.75) is 32.7 Å². The van der Waals surface area contributed by atoms with Crippen molar-refractivity contribution in [3.63, 3.8) is 0 Å². The largest absolute Gasteiger partial charge is 0.341 e. The second-order valence-corrected chi connectivity index (χ2v) is 5.93. The first kappa shape index (κ1) is 14.7. The molecule has 116 valence electrons. The zero-order valence-electron chi connectivity index (χ0n) is 12.8. The van der Waals surface area contributed by atoms with Crippen LogP contribution in [-0.2, 0) is 24.2 Å². The number of H-pyrrole nitrogens is 1. The number of rotatable bonds is 3. The maximum atomic E-state index is 13.3. The van der Waals surface area contributed by atoms with E-state index in [-0.39, 0.29) is 17.6 Å². The van der Waals surface area contributed by atoms with Crippen LogP contribution < -0.4 is 0 Å². The van der Waals surface area contributed by atoms with Crippen molar-refractivity contribution >= 4 is 5.91 Å². The second-order valence-electron chi connectivity index (χ2n) is 5.93. The molecule has 6 heteroatoms. The van der Waals surface area contributed by atoms with Gasteiger partial charge in [0.25, 0.3) is 0 Å². The Morgan fingerprint density at radius 1 is 1.41 bits per heavy atom. The van der Waals surface area contributed by atoms with E-state index in [1.165, 1.54) is 6.07 Å². The van der Waals surface area contributed by atoms with Gasteiger partial charge in [0.05, 0.1) is 11.4 Å². The molecule has 0 fully saturated rings. The molecule has 0 bridgehead atoms. The van der Waals surface area contributed by atoms with Crippen molar-refractivity contribution in [3.8, 4) is 0 Å². The molecular weight excluding hydrogens is 283 g/mol. The summed E-state index contributed by atoms with van der Waals surface area (Å²) in [7, 11) is 1.79. The van der Waals surface area contributed by atoms with Crippen molar-refractivity contribution in [3.05, 3.63) is 46.5 Å². The minimum absolute atomic E-state index is 0.0517. The number of fused-ring (bicyclic) bond motifs is 1. The fourth-order valence-corrected chi connectivity index (χ4v) is 2.96. The quantitative estimate of drug-likeness (QED) is 0.943. The maximum Gasteiger partial charge on any atom is 0.226 e. The molecule has 0 aliphatic heterocycles. The van der Waals surface area contributed by atoms with Crippen LogP contribution in [0.2, 0.25) is 0 Å². The smallest absolute Gasteiger partial charge is 0.226 e. The Morgan fingerprint density at radius 2 is 2.18 bits per heavy atom. The molecule has 1 N–H and O–H groups in total. The predicted molar refractivity (Wildman–Crippen MR) is 79.5 cm³/mol. The standard InChI is InChI=1S/C16H19FN4O/c1-10-7-11(3-5-13(10)17)9-21(2)16(22)12-4-6-14-15(8-12)19-20-18-14/h3,5,7,12H,4,6,8-9H2,1-2H3,(H,18,19,20)/t12-/m1/s1. The normalized spacial score (nSPS) is 17.1. The van der Waals surface area contributed by atoms with Gasteiger partial charge in [-0.1, -0.05) is 12.1 Å². The monoisotopic (exact) mass is 302 g/mol. The number of nitrogens with zero attached hydrogens (tertiary/aromatic N) is 3. The van der Waals surface area contributed by atoms with Crippen LogP contribution in [0.5, 0.6) is 0 Å². The first-order valence-corrected chi connectivity index (χ1v) is 7.43. The van der Waals surface area contributed by atoms with Crippen LogP contribution in [0.15, 0.2) is 18.2 Å². The second kappa shape index (κ2) is 5.87. The average Bonchev–Trinajstić information content (AvgIpc) is 2.97. The molecule has 22 heavy (non-hydrogen) atoms. The summed E-state index contributed by atoms with van der Waals surface area (Å²) in [5, 5.41) is 10.8. The summed E-state index contributed by atoms with van der Waals surface area (Å²) >= 11 is 0. The zero-order chi connectivity index (χ0) is 15.7. The van der Waals surface area contributed by atoms with Crippen LogP contribution in [-0.4, -0.2) is 33.3 Å². The van der Waals surface area contributed by atoms with E-state index in [0.29, 0.717) is 18.5 Å². The molecular formula is C16H19FN4O. The molecule has 0 unspecified atom stereocenters. The van der Waals surface area contributed by atoms with Crippen molar-refractivity contribution < 1.29 is 9.18 Å². The first-order valence-electron chi connectivity index (χ1n) is 7.43. The highest BCUT2D eigenvalue weighted by Gasteiger charge is 2.29. The van der Waals surface area contributed by atoms with Crippen molar-refractivity contribution in [1.82, 2.24) is 20.3 Å². The molecule has 1 amide bonds.